The van der Waals surface area contributed by atoms with Crippen molar-refractivity contribution < 1.29 is 42.9 Å². The van der Waals surface area contributed by atoms with Crippen LogP contribution in [0, 0.1) is 0 Å². The van der Waals surface area contributed by atoms with Gasteiger partial charge in [0.2, 0.25) is 0 Å². The molecule has 2 atom stereocenters. The van der Waals surface area contributed by atoms with E-state index in [4.69, 9.17) is 18.9 Å². The Hall–Kier alpha value is -2.23. The zero-order valence-electron chi connectivity index (χ0n) is 60.4. The van der Waals surface area contributed by atoms with Crippen LogP contribution < -0.4 is 0 Å². The Labute approximate surface area is 554 Å². The SMILES string of the molecule is CCCCCCCCCC/C=C\CCCCCCCCCCCCCCCCCCCCCCCC(=O)OC(COC(=O)CCCCCCCCCCCCCCCCCCCCC/C=C\CCCCCCCCCC)COC(OCC[N+](C)(C)C)C(=O)O. The van der Waals surface area contributed by atoms with Gasteiger partial charge in [-0.1, -0.05) is 359 Å². The second-order valence-corrected chi connectivity index (χ2v) is 28.4. The fraction of sp³-hybridized carbons (Fsp3) is 0.912. The van der Waals surface area contributed by atoms with Crippen LogP contribution in [0.2, 0.25) is 0 Å². The van der Waals surface area contributed by atoms with Crippen molar-refractivity contribution in [1.29, 1.82) is 0 Å². The standard InChI is InChI=1S/C80H153NO8/c1-6-8-10-12-14-16-18-20-22-24-26-28-30-32-34-36-38-39-41-43-45-47-49-51-53-55-57-59-61-63-65-67-69-71-78(83)89-76(75-88-80(79(84)85)86-73-72-81(3,4)5)74-87-77(82)70-68-66-64-62-60-58-56-54-52-50-48-46-44-42-40-37-35-33-31-29-27-25-23-21-19-17-15-13-11-9-7-2/h24-27,76,80H,6-23,28-75H2,1-5H3/p+1/b26-24-,27-25-. The maximum atomic E-state index is 13.0. The highest BCUT2D eigenvalue weighted by molar-refractivity contribution is 5.71. The zero-order valence-corrected chi connectivity index (χ0v) is 60.4. The van der Waals surface area contributed by atoms with Gasteiger partial charge in [-0.3, -0.25) is 9.59 Å². The number of hydrogen-bond donors (Lipinski definition) is 1. The maximum Gasteiger partial charge on any atom is 0.361 e. The first kappa shape index (κ1) is 86.8. The van der Waals surface area contributed by atoms with Gasteiger partial charge in [-0.05, 0) is 64.2 Å². The van der Waals surface area contributed by atoms with Gasteiger partial charge in [0.1, 0.15) is 13.2 Å². The van der Waals surface area contributed by atoms with Gasteiger partial charge in [0.25, 0.3) is 6.29 Å². The molecule has 0 radical (unpaired) electrons. The van der Waals surface area contributed by atoms with Gasteiger partial charge in [0.05, 0.1) is 34.4 Å². The molecule has 0 aliphatic heterocycles. The lowest BCUT2D eigenvalue weighted by Gasteiger charge is -2.25. The highest BCUT2D eigenvalue weighted by Gasteiger charge is 2.25. The molecule has 0 aromatic rings. The average molecular weight is 1260 g/mol. The summed E-state index contributed by atoms with van der Waals surface area (Å²) in [5.41, 5.74) is 0. The van der Waals surface area contributed by atoms with E-state index in [1.807, 2.05) is 21.1 Å². The van der Waals surface area contributed by atoms with Crippen LogP contribution in [-0.4, -0.2) is 87.4 Å². The van der Waals surface area contributed by atoms with Gasteiger partial charge in [-0.25, -0.2) is 4.79 Å². The number of rotatable bonds is 75. The second-order valence-electron chi connectivity index (χ2n) is 28.4. The van der Waals surface area contributed by atoms with Crippen molar-refractivity contribution in [1.82, 2.24) is 0 Å². The summed E-state index contributed by atoms with van der Waals surface area (Å²) in [6, 6.07) is 0. The molecule has 0 fully saturated rings. The van der Waals surface area contributed by atoms with E-state index in [1.54, 1.807) is 0 Å². The molecule has 0 rings (SSSR count). The predicted octanol–water partition coefficient (Wildman–Crippen LogP) is 24.9. The third kappa shape index (κ3) is 73.1. The number of carbonyl (C=O) groups excluding carboxylic acids is 2. The number of aliphatic carboxylic acids is 1. The van der Waals surface area contributed by atoms with E-state index < -0.39 is 18.4 Å². The Balaban J connectivity index is 3.98. The lowest BCUT2D eigenvalue weighted by atomic mass is 10.0. The molecule has 9 nitrogen and oxygen atoms in total. The van der Waals surface area contributed by atoms with Crippen LogP contribution in [0.15, 0.2) is 24.3 Å². The lowest BCUT2D eigenvalue weighted by molar-refractivity contribution is -0.870. The molecule has 0 amide bonds. The molecule has 0 aromatic carbocycles. The minimum absolute atomic E-state index is 0.174. The molecule has 2 unspecified atom stereocenters. The van der Waals surface area contributed by atoms with Crippen molar-refractivity contribution in [3.8, 4) is 0 Å². The summed E-state index contributed by atoms with van der Waals surface area (Å²) in [5, 5.41) is 9.77. The van der Waals surface area contributed by atoms with Crippen molar-refractivity contribution in [3.05, 3.63) is 24.3 Å². The van der Waals surface area contributed by atoms with Gasteiger partial charge in [0, 0.05) is 12.8 Å². The summed E-state index contributed by atoms with van der Waals surface area (Å²) in [5.74, 6) is -1.97. The van der Waals surface area contributed by atoms with Crippen molar-refractivity contribution in [2.45, 2.75) is 424 Å². The molecular weight excluding hydrogens is 1100 g/mol. The van der Waals surface area contributed by atoms with Gasteiger partial charge in [-0.2, -0.15) is 0 Å². The molecule has 0 spiro atoms. The van der Waals surface area contributed by atoms with Crippen molar-refractivity contribution in [2.75, 3.05) is 47.5 Å². The summed E-state index contributed by atoms with van der Waals surface area (Å²) >= 11 is 0. The lowest BCUT2D eigenvalue weighted by Crippen LogP contribution is -2.40. The Morgan fingerprint density at radius 1 is 0.326 bits per heavy atom. The fourth-order valence-corrected chi connectivity index (χ4v) is 12.1. The van der Waals surface area contributed by atoms with Crippen LogP contribution in [0.3, 0.4) is 0 Å². The summed E-state index contributed by atoms with van der Waals surface area (Å²) in [6.45, 7) is 4.96. The predicted molar refractivity (Wildman–Crippen MR) is 383 cm³/mol. The van der Waals surface area contributed by atoms with Crippen LogP contribution in [0.25, 0.3) is 0 Å². The molecule has 1 N–H and O–H groups in total. The molecule has 0 heterocycles. The average Bonchev–Trinajstić information content (AvgIpc) is 3.64. The third-order valence-electron chi connectivity index (χ3n) is 18.2. The number of nitrogens with zero attached hydrogens (tertiary/aromatic N) is 1. The van der Waals surface area contributed by atoms with Crippen LogP contribution in [-0.2, 0) is 33.3 Å². The Bertz CT molecular complexity index is 1510. The highest BCUT2D eigenvalue weighted by Crippen LogP contribution is 2.20. The number of likely N-dealkylation sites (N-methyl/N-ethyl adjacent to an activating group) is 1. The van der Waals surface area contributed by atoms with Crippen LogP contribution in [0.1, 0.15) is 412 Å². The van der Waals surface area contributed by atoms with Crippen LogP contribution >= 0.6 is 0 Å². The van der Waals surface area contributed by atoms with E-state index in [0.29, 0.717) is 17.4 Å². The number of ether oxygens (including phenoxy) is 4. The van der Waals surface area contributed by atoms with Crippen LogP contribution in [0.4, 0.5) is 0 Å². The molecule has 9 heteroatoms. The maximum absolute atomic E-state index is 13.0. The van der Waals surface area contributed by atoms with E-state index >= 15 is 0 Å². The van der Waals surface area contributed by atoms with Crippen molar-refractivity contribution in [3.63, 3.8) is 0 Å². The van der Waals surface area contributed by atoms with E-state index in [9.17, 15) is 19.5 Å². The quantitative estimate of drug-likeness (QED) is 0.0211. The molecule has 0 bridgehead atoms. The molecule has 0 saturated heterocycles. The molecule has 89 heavy (non-hydrogen) atoms. The number of carbonyl (C=O) groups is 3. The van der Waals surface area contributed by atoms with E-state index in [0.717, 1.165) is 38.5 Å². The van der Waals surface area contributed by atoms with E-state index in [2.05, 4.69) is 38.2 Å². The number of allylic oxidation sites excluding steroid dienone is 4. The number of carboxylic acids is 1. The van der Waals surface area contributed by atoms with Gasteiger partial charge in [0.15, 0.2) is 6.10 Å². The fourth-order valence-electron chi connectivity index (χ4n) is 12.1. The first-order valence-electron chi connectivity index (χ1n) is 39.5. The van der Waals surface area contributed by atoms with Gasteiger partial charge < -0.3 is 28.5 Å². The largest absolute Gasteiger partial charge is 0.477 e. The molecule has 526 valence electrons. The van der Waals surface area contributed by atoms with Gasteiger partial charge >= 0.3 is 17.9 Å². The summed E-state index contributed by atoms with van der Waals surface area (Å²) in [7, 11) is 6.00. The summed E-state index contributed by atoms with van der Waals surface area (Å²) in [4.78, 5) is 37.7. The molecule has 0 saturated carbocycles. The minimum Gasteiger partial charge on any atom is -0.477 e. The van der Waals surface area contributed by atoms with E-state index in [-0.39, 0.29) is 38.2 Å². The van der Waals surface area contributed by atoms with E-state index in [1.165, 1.54) is 347 Å². The Morgan fingerprint density at radius 2 is 0.573 bits per heavy atom. The van der Waals surface area contributed by atoms with Crippen LogP contribution in [0.5, 0.6) is 0 Å². The topological polar surface area (TPSA) is 108 Å². The number of hydrogen-bond acceptors (Lipinski definition) is 7. The molecule has 0 aromatic heterocycles. The Kier molecular flexibility index (Phi) is 69.8. The molecular formula is C80H154NO8+. The first-order chi connectivity index (χ1) is 43.6. The summed E-state index contributed by atoms with van der Waals surface area (Å²) < 4.78 is 23.1. The van der Waals surface area contributed by atoms with Crippen molar-refractivity contribution >= 4 is 17.9 Å². The van der Waals surface area contributed by atoms with Gasteiger partial charge in [-0.15, -0.1) is 0 Å². The third-order valence-corrected chi connectivity index (χ3v) is 18.2. The normalized spacial score (nSPS) is 12.7. The highest BCUT2D eigenvalue weighted by atomic mass is 16.7. The first-order valence-corrected chi connectivity index (χ1v) is 39.5. The molecule has 0 aliphatic rings. The van der Waals surface area contributed by atoms with Crippen molar-refractivity contribution in [2.24, 2.45) is 0 Å². The number of quaternary nitrogens is 1. The smallest absolute Gasteiger partial charge is 0.361 e. The second kappa shape index (κ2) is 71.6. The minimum atomic E-state index is -1.51. The monoisotopic (exact) mass is 1260 g/mol. The Morgan fingerprint density at radius 3 is 0.831 bits per heavy atom. The number of unbranched alkanes of at least 4 members (excludes halogenated alkanes) is 56. The summed E-state index contributed by atoms with van der Waals surface area (Å²) in [6.07, 6.45) is 87.6. The number of carboxylic acid groups (broad SMARTS) is 1. The molecule has 0 aliphatic carbocycles. The number of esters is 2. The zero-order chi connectivity index (χ0) is 64.7.